The second-order valence-electron chi connectivity index (χ2n) is 3.96. The van der Waals surface area contributed by atoms with Crippen molar-refractivity contribution in [2.45, 2.75) is 31.3 Å². The Bertz CT molecular complexity index is 320. The molecule has 14 heavy (non-hydrogen) atoms. The molecule has 0 saturated heterocycles. The minimum atomic E-state index is 0.216. The van der Waals surface area contributed by atoms with E-state index in [0.717, 1.165) is 11.4 Å². The molecule has 0 N–H and O–H groups in total. The third-order valence-corrected chi connectivity index (χ3v) is 3.36. The van der Waals surface area contributed by atoms with E-state index in [9.17, 15) is 0 Å². The summed E-state index contributed by atoms with van der Waals surface area (Å²) < 4.78 is 0.216. The van der Waals surface area contributed by atoms with Crippen LogP contribution >= 0.6 is 35.0 Å². The molecule has 1 aromatic rings. The summed E-state index contributed by atoms with van der Waals surface area (Å²) in [4.78, 5) is 4.19. The Labute approximate surface area is 99.2 Å². The number of pyridine rings is 1. The van der Waals surface area contributed by atoms with Gasteiger partial charge in [0.2, 0.25) is 0 Å². The highest BCUT2D eigenvalue weighted by atomic mass is 35.5. The van der Waals surface area contributed by atoms with Crippen molar-refractivity contribution in [3.63, 3.8) is 0 Å². The normalized spacial score (nSPS) is 11.8. The van der Waals surface area contributed by atoms with Gasteiger partial charge in [-0.15, -0.1) is 11.8 Å². The predicted octanol–water partition coefficient (Wildman–Crippen LogP) is 4.42. The van der Waals surface area contributed by atoms with E-state index in [0.29, 0.717) is 10.2 Å². The fourth-order valence-electron chi connectivity index (χ4n) is 0.844. The monoisotopic (exact) mass is 249 g/mol. The maximum absolute atomic E-state index is 5.99. The van der Waals surface area contributed by atoms with Gasteiger partial charge in [0.05, 0.1) is 10.7 Å². The van der Waals surface area contributed by atoms with Gasteiger partial charge in [0.1, 0.15) is 5.15 Å². The summed E-state index contributed by atoms with van der Waals surface area (Å²) in [6, 6.07) is 3.49. The summed E-state index contributed by atoms with van der Waals surface area (Å²) in [5, 5.41) is 1.19. The predicted molar refractivity (Wildman–Crippen MR) is 65.3 cm³/mol. The van der Waals surface area contributed by atoms with E-state index in [1.165, 1.54) is 0 Å². The van der Waals surface area contributed by atoms with E-state index in [1.54, 1.807) is 23.9 Å². The highest BCUT2D eigenvalue weighted by molar-refractivity contribution is 7.99. The maximum Gasteiger partial charge on any atom is 0.129 e. The van der Waals surface area contributed by atoms with Crippen molar-refractivity contribution >= 4 is 35.0 Å². The topological polar surface area (TPSA) is 12.9 Å². The Morgan fingerprint density at radius 2 is 1.93 bits per heavy atom. The molecule has 0 bridgehead atoms. The molecule has 0 fully saturated rings. The van der Waals surface area contributed by atoms with Crippen LogP contribution in [-0.2, 0) is 5.75 Å². The van der Waals surface area contributed by atoms with Gasteiger partial charge >= 0.3 is 0 Å². The third kappa shape index (κ3) is 4.07. The number of hydrogen-bond donors (Lipinski definition) is 0. The van der Waals surface area contributed by atoms with E-state index < -0.39 is 0 Å². The average molecular weight is 250 g/mol. The van der Waals surface area contributed by atoms with Crippen molar-refractivity contribution in [3.05, 3.63) is 28.0 Å². The highest BCUT2D eigenvalue weighted by Crippen LogP contribution is 2.29. The van der Waals surface area contributed by atoms with Crippen molar-refractivity contribution in [2.24, 2.45) is 0 Å². The zero-order valence-corrected chi connectivity index (χ0v) is 10.8. The van der Waals surface area contributed by atoms with E-state index >= 15 is 0 Å². The molecule has 1 rings (SSSR count). The molecule has 0 unspecified atom stereocenters. The van der Waals surface area contributed by atoms with Crippen LogP contribution in [0.1, 0.15) is 26.5 Å². The van der Waals surface area contributed by atoms with Gasteiger partial charge in [-0.25, -0.2) is 4.98 Å². The van der Waals surface area contributed by atoms with Gasteiger partial charge in [-0.3, -0.25) is 0 Å². The van der Waals surface area contributed by atoms with Gasteiger partial charge in [-0.2, -0.15) is 0 Å². The molecule has 1 heterocycles. The van der Waals surface area contributed by atoms with Gasteiger partial charge in [0.25, 0.3) is 0 Å². The van der Waals surface area contributed by atoms with Crippen molar-refractivity contribution in [3.8, 4) is 0 Å². The molecular formula is C10H13Cl2NS. The second-order valence-corrected chi connectivity index (χ2v) is 6.56. The fraction of sp³-hybridized carbons (Fsp3) is 0.500. The van der Waals surface area contributed by atoms with Gasteiger partial charge < -0.3 is 0 Å². The van der Waals surface area contributed by atoms with Gasteiger partial charge in [-0.1, -0.05) is 44.0 Å². The van der Waals surface area contributed by atoms with Crippen molar-refractivity contribution in [2.75, 3.05) is 0 Å². The van der Waals surface area contributed by atoms with E-state index in [2.05, 4.69) is 25.8 Å². The molecule has 0 aromatic carbocycles. The number of nitrogens with zero attached hydrogens (tertiary/aromatic N) is 1. The molecule has 0 spiro atoms. The lowest BCUT2D eigenvalue weighted by Crippen LogP contribution is -2.08. The minimum absolute atomic E-state index is 0.216. The fourth-order valence-corrected chi connectivity index (χ4v) is 2.05. The largest absolute Gasteiger partial charge is 0.239 e. The zero-order valence-electron chi connectivity index (χ0n) is 8.47. The Balaban J connectivity index is 2.72. The van der Waals surface area contributed by atoms with Crippen LogP contribution in [0.3, 0.4) is 0 Å². The van der Waals surface area contributed by atoms with Crippen molar-refractivity contribution < 1.29 is 0 Å². The molecule has 0 radical (unpaired) electrons. The number of rotatable bonds is 2. The standard InChI is InChI=1S/C10H13Cl2NS/c1-10(2,3)14-6-8-7(11)4-5-9(12)13-8/h4-5H,6H2,1-3H3. The molecule has 4 heteroatoms. The number of thioether (sulfide) groups is 1. The van der Waals surface area contributed by atoms with Crippen LogP contribution in [0.15, 0.2) is 12.1 Å². The summed E-state index contributed by atoms with van der Waals surface area (Å²) in [5.41, 5.74) is 0.860. The Morgan fingerprint density at radius 1 is 1.29 bits per heavy atom. The first kappa shape index (κ1) is 12.2. The molecule has 0 aliphatic carbocycles. The Hall–Kier alpha value is 0.0800. The quantitative estimate of drug-likeness (QED) is 0.720. The lowest BCUT2D eigenvalue weighted by Gasteiger charge is -2.17. The van der Waals surface area contributed by atoms with Crippen LogP contribution in [0.2, 0.25) is 10.2 Å². The molecule has 1 nitrogen and oxygen atoms in total. The SMILES string of the molecule is CC(C)(C)SCc1nc(Cl)ccc1Cl. The van der Waals surface area contributed by atoms with Crippen LogP contribution in [0, 0.1) is 0 Å². The minimum Gasteiger partial charge on any atom is -0.239 e. The molecule has 1 aromatic heterocycles. The molecule has 78 valence electrons. The van der Waals surface area contributed by atoms with E-state index in [4.69, 9.17) is 23.2 Å². The number of aromatic nitrogens is 1. The summed E-state index contributed by atoms with van der Waals surface area (Å²) in [7, 11) is 0. The third-order valence-electron chi connectivity index (χ3n) is 1.53. The van der Waals surface area contributed by atoms with Crippen LogP contribution in [0.25, 0.3) is 0 Å². The average Bonchev–Trinajstić information content (AvgIpc) is 2.05. The highest BCUT2D eigenvalue weighted by Gasteiger charge is 2.12. The first-order chi connectivity index (χ1) is 6.38. The first-order valence-electron chi connectivity index (χ1n) is 4.33. The molecule has 0 amide bonds. The lowest BCUT2D eigenvalue weighted by atomic mass is 10.3. The van der Waals surface area contributed by atoms with Gasteiger partial charge in [0, 0.05) is 10.5 Å². The Kier molecular flexibility index (Phi) is 4.11. The Morgan fingerprint density at radius 3 is 2.50 bits per heavy atom. The van der Waals surface area contributed by atoms with Crippen molar-refractivity contribution in [1.29, 1.82) is 0 Å². The molecule has 0 saturated carbocycles. The molecule has 0 aliphatic rings. The molecule has 0 atom stereocenters. The van der Waals surface area contributed by atoms with E-state index in [1.807, 2.05) is 0 Å². The van der Waals surface area contributed by atoms with Crippen molar-refractivity contribution in [1.82, 2.24) is 4.98 Å². The first-order valence-corrected chi connectivity index (χ1v) is 6.07. The van der Waals surface area contributed by atoms with Crippen LogP contribution in [0.4, 0.5) is 0 Å². The van der Waals surface area contributed by atoms with Gasteiger partial charge in [0.15, 0.2) is 0 Å². The summed E-state index contributed by atoms with van der Waals surface area (Å²) in [6.07, 6.45) is 0. The smallest absolute Gasteiger partial charge is 0.129 e. The van der Waals surface area contributed by atoms with Crippen LogP contribution in [-0.4, -0.2) is 9.73 Å². The molecule has 0 aliphatic heterocycles. The van der Waals surface area contributed by atoms with Crippen LogP contribution in [0.5, 0.6) is 0 Å². The zero-order chi connectivity index (χ0) is 10.8. The van der Waals surface area contributed by atoms with Crippen LogP contribution < -0.4 is 0 Å². The van der Waals surface area contributed by atoms with E-state index in [-0.39, 0.29) is 4.75 Å². The summed E-state index contributed by atoms with van der Waals surface area (Å²) in [6.45, 7) is 6.49. The second kappa shape index (κ2) is 4.73. The maximum atomic E-state index is 5.99. The summed E-state index contributed by atoms with van der Waals surface area (Å²) >= 11 is 13.6. The summed E-state index contributed by atoms with van der Waals surface area (Å²) in [5.74, 6) is 0.795. The number of halogens is 2. The number of hydrogen-bond acceptors (Lipinski definition) is 2. The molecular weight excluding hydrogens is 237 g/mol. The van der Waals surface area contributed by atoms with Gasteiger partial charge in [-0.05, 0) is 12.1 Å². The lowest BCUT2D eigenvalue weighted by molar-refractivity contribution is 0.801.